The van der Waals surface area contributed by atoms with Crippen LogP contribution in [-0.2, 0) is 0 Å². The summed E-state index contributed by atoms with van der Waals surface area (Å²) >= 11 is 1.81. The Kier molecular flexibility index (Phi) is 7.35. The molecule has 3 nitrogen and oxygen atoms in total. The van der Waals surface area contributed by atoms with Crippen LogP contribution in [0.3, 0.4) is 0 Å². The molecule has 3 aromatic heterocycles. The lowest BCUT2D eigenvalue weighted by Crippen LogP contribution is -1.96. The molecule has 0 spiro atoms. The molecule has 0 bridgehead atoms. The molecule has 256 valence electrons. The van der Waals surface area contributed by atoms with Gasteiger partial charge in [-0.3, -0.25) is 0 Å². The molecule has 0 fully saturated rings. The topological polar surface area (TPSA) is 38.7 Å². The summed E-state index contributed by atoms with van der Waals surface area (Å²) in [6.45, 7) is 0. The first-order chi connectivity index (χ1) is 27.2. The van der Waals surface area contributed by atoms with Crippen molar-refractivity contribution in [3.8, 4) is 56.3 Å². The van der Waals surface area contributed by atoms with Crippen molar-refractivity contribution in [3.05, 3.63) is 188 Å². The second-order valence-corrected chi connectivity index (χ2v) is 15.0. The first-order valence-electron chi connectivity index (χ1n) is 18.5. The Balaban J connectivity index is 1.01. The van der Waals surface area contributed by atoms with Crippen LogP contribution in [0.25, 0.3) is 109 Å². The number of fused-ring (bicyclic) bond motifs is 8. The fraction of sp³-hybridized carbons (Fsp3) is 0. The second kappa shape index (κ2) is 12.8. The van der Waals surface area contributed by atoms with Gasteiger partial charge in [0.2, 0.25) is 0 Å². The first-order valence-corrected chi connectivity index (χ1v) is 19.3. The highest BCUT2D eigenvalue weighted by Crippen LogP contribution is 2.43. The summed E-state index contributed by atoms with van der Waals surface area (Å²) in [7, 11) is 0. The molecule has 11 aromatic rings. The van der Waals surface area contributed by atoms with E-state index in [0.29, 0.717) is 5.82 Å². The zero-order valence-electron chi connectivity index (χ0n) is 29.6. The molecule has 0 radical (unpaired) electrons. The van der Waals surface area contributed by atoms with Gasteiger partial charge in [0.25, 0.3) is 0 Å². The van der Waals surface area contributed by atoms with E-state index in [2.05, 4.69) is 182 Å². The van der Waals surface area contributed by atoms with E-state index in [4.69, 9.17) is 15.0 Å². The predicted octanol–water partition coefficient (Wildman–Crippen LogP) is 14.0. The maximum Gasteiger partial charge on any atom is 0.160 e. The Bertz CT molecular complexity index is 3260. The van der Waals surface area contributed by atoms with Crippen molar-refractivity contribution >= 4 is 64.0 Å². The third-order valence-electron chi connectivity index (χ3n) is 10.7. The molecule has 0 unspecified atom stereocenters. The van der Waals surface area contributed by atoms with Crippen LogP contribution in [0.2, 0.25) is 0 Å². The average Bonchev–Trinajstić information content (AvgIpc) is 3.66. The van der Waals surface area contributed by atoms with Gasteiger partial charge in [0.15, 0.2) is 5.82 Å². The molecule has 0 amide bonds. The van der Waals surface area contributed by atoms with Crippen molar-refractivity contribution in [2.45, 2.75) is 0 Å². The number of nitrogens with zero attached hydrogens (tertiary/aromatic N) is 3. The molecule has 3 heterocycles. The Labute approximate surface area is 321 Å². The first kappa shape index (κ1) is 31.5. The van der Waals surface area contributed by atoms with Gasteiger partial charge >= 0.3 is 0 Å². The molecular formula is C51H31N3S. The molecule has 0 atom stereocenters. The van der Waals surface area contributed by atoms with E-state index in [1.165, 1.54) is 52.7 Å². The van der Waals surface area contributed by atoms with Gasteiger partial charge in [-0.1, -0.05) is 158 Å². The zero-order valence-corrected chi connectivity index (χ0v) is 30.5. The van der Waals surface area contributed by atoms with Gasteiger partial charge in [-0.25, -0.2) is 15.0 Å². The highest BCUT2D eigenvalue weighted by atomic mass is 32.1. The second-order valence-electron chi connectivity index (χ2n) is 14.0. The van der Waals surface area contributed by atoms with Gasteiger partial charge < -0.3 is 0 Å². The fourth-order valence-electron chi connectivity index (χ4n) is 7.94. The minimum Gasteiger partial charge on any atom is -0.246 e. The monoisotopic (exact) mass is 717 g/mol. The van der Waals surface area contributed by atoms with Crippen molar-refractivity contribution in [1.29, 1.82) is 0 Å². The molecule has 0 saturated heterocycles. The Morgan fingerprint density at radius 2 is 0.964 bits per heavy atom. The van der Waals surface area contributed by atoms with Crippen LogP contribution in [0.15, 0.2) is 188 Å². The molecule has 8 aromatic carbocycles. The van der Waals surface area contributed by atoms with Crippen molar-refractivity contribution in [2.75, 3.05) is 0 Å². The van der Waals surface area contributed by atoms with E-state index < -0.39 is 0 Å². The SMILES string of the molecule is c1ccc(-c2cc(-c3cccc(-c4ccc5c(ccc6ccccc65)c4)c3)nc(-c3ccc(-c4nc5ccccc5c5c4sc4ccccc45)cc3)n2)cc1. The predicted molar refractivity (Wildman–Crippen MR) is 232 cm³/mol. The van der Waals surface area contributed by atoms with E-state index in [1.54, 1.807) is 0 Å². The molecule has 0 aliphatic carbocycles. The van der Waals surface area contributed by atoms with Gasteiger partial charge in [-0.2, -0.15) is 0 Å². The van der Waals surface area contributed by atoms with Gasteiger partial charge in [0, 0.05) is 43.1 Å². The number of thiophene rings is 1. The Morgan fingerprint density at radius 1 is 0.345 bits per heavy atom. The minimum atomic E-state index is 0.685. The number of hydrogen-bond donors (Lipinski definition) is 0. The molecular weight excluding hydrogens is 687 g/mol. The Hall–Kier alpha value is -7.01. The molecule has 55 heavy (non-hydrogen) atoms. The van der Waals surface area contributed by atoms with Crippen LogP contribution in [0.1, 0.15) is 0 Å². The molecule has 0 saturated carbocycles. The smallest absolute Gasteiger partial charge is 0.160 e. The number of aromatic nitrogens is 3. The van der Waals surface area contributed by atoms with Crippen molar-refractivity contribution < 1.29 is 0 Å². The van der Waals surface area contributed by atoms with Crippen LogP contribution in [0.5, 0.6) is 0 Å². The van der Waals surface area contributed by atoms with E-state index in [1.807, 2.05) is 17.4 Å². The van der Waals surface area contributed by atoms with Gasteiger partial charge in [-0.05, 0) is 63.0 Å². The third-order valence-corrected chi connectivity index (χ3v) is 11.8. The van der Waals surface area contributed by atoms with E-state index in [-0.39, 0.29) is 0 Å². The third kappa shape index (κ3) is 5.46. The normalized spacial score (nSPS) is 11.6. The van der Waals surface area contributed by atoms with Crippen molar-refractivity contribution in [2.24, 2.45) is 0 Å². The molecule has 11 rings (SSSR count). The largest absolute Gasteiger partial charge is 0.246 e. The number of para-hydroxylation sites is 1. The summed E-state index contributed by atoms with van der Waals surface area (Å²) in [5.74, 6) is 0.685. The number of rotatable bonds is 5. The van der Waals surface area contributed by atoms with Crippen LogP contribution < -0.4 is 0 Å². The number of pyridine rings is 1. The number of benzene rings is 8. The maximum atomic E-state index is 5.22. The summed E-state index contributed by atoms with van der Waals surface area (Å²) < 4.78 is 2.47. The van der Waals surface area contributed by atoms with Gasteiger partial charge in [-0.15, -0.1) is 11.3 Å². The van der Waals surface area contributed by atoms with E-state index in [0.717, 1.165) is 50.4 Å². The van der Waals surface area contributed by atoms with Crippen LogP contribution in [-0.4, -0.2) is 15.0 Å². The highest BCUT2D eigenvalue weighted by Gasteiger charge is 2.17. The molecule has 0 aliphatic heterocycles. The molecule has 0 N–H and O–H groups in total. The van der Waals surface area contributed by atoms with Gasteiger partial charge in [0.1, 0.15) is 0 Å². The maximum absolute atomic E-state index is 5.22. The van der Waals surface area contributed by atoms with E-state index >= 15 is 0 Å². The van der Waals surface area contributed by atoms with Crippen molar-refractivity contribution in [1.82, 2.24) is 15.0 Å². The standard InChI is InChI=1S/C51H31N3S/c1-2-12-33(13-3-1)45-31-46(39-15-10-14-36(30-39)37-27-28-41-38(29-37)26-21-32-11-4-5-16-40(32)41)54-51(53-45)35-24-22-34(23-25-35)49-50-48(42-17-6-8-19-44(42)52-49)43-18-7-9-20-47(43)55-50/h1-31H. The zero-order chi connectivity index (χ0) is 36.3. The van der Waals surface area contributed by atoms with Crippen LogP contribution >= 0.6 is 11.3 Å². The summed E-state index contributed by atoms with van der Waals surface area (Å²) in [6.07, 6.45) is 0. The Morgan fingerprint density at radius 3 is 1.84 bits per heavy atom. The number of hydrogen-bond acceptors (Lipinski definition) is 4. The highest BCUT2D eigenvalue weighted by molar-refractivity contribution is 7.26. The van der Waals surface area contributed by atoms with E-state index in [9.17, 15) is 0 Å². The summed E-state index contributed by atoms with van der Waals surface area (Å²) in [4.78, 5) is 15.6. The molecule has 4 heteroatoms. The lowest BCUT2D eigenvalue weighted by molar-refractivity contribution is 1.18. The lowest BCUT2D eigenvalue weighted by atomic mass is 9.96. The summed E-state index contributed by atoms with van der Waals surface area (Å²) in [6, 6.07) is 66.7. The summed E-state index contributed by atoms with van der Waals surface area (Å²) in [5.41, 5.74) is 10.2. The lowest BCUT2D eigenvalue weighted by Gasteiger charge is -2.12. The summed E-state index contributed by atoms with van der Waals surface area (Å²) in [5, 5.41) is 8.76. The minimum absolute atomic E-state index is 0.685. The quantitative estimate of drug-likeness (QED) is 0.166. The molecule has 0 aliphatic rings. The van der Waals surface area contributed by atoms with Crippen LogP contribution in [0, 0.1) is 0 Å². The average molecular weight is 718 g/mol. The van der Waals surface area contributed by atoms with Crippen molar-refractivity contribution in [3.63, 3.8) is 0 Å². The van der Waals surface area contributed by atoms with Gasteiger partial charge in [0.05, 0.1) is 27.3 Å². The van der Waals surface area contributed by atoms with Crippen LogP contribution in [0.4, 0.5) is 0 Å². The fourth-order valence-corrected chi connectivity index (χ4v) is 9.17.